The number of hydrogen-bond donors (Lipinski definition) is 0. The van der Waals surface area contributed by atoms with Crippen LogP contribution in [0, 0.1) is 5.92 Å². The summed E-state index contributed by atoms with van der Waals surface area (Å²) in [5.74, 6) is 0.902. The standard InChI is InChI=1S/C16H28N2S/c1-13-6-9-18(10-7-13)16(4,5)12-15(2,3)14-17-8-11-19-14/h8,11,13H,6-7,9-10,12H2,1-5H3. The third-order valence-electron chi connectivity index (χ3n) is 4.53. The van der Waals surface area contributed by atoms with Gasteiger partial charge in [-0.3, -0.25) is 4.90 Å². The van der Waals surface area contributed by atoms with Gasteiger partial charge in [0.25, 0.3) is 0 Å². The summed E-state index contributed by atoms with van der Waals surface area (Å²) in [5, 5.41) is 3.36. The van der Waals surface area contributed by atoms with Gasteiger partial charge < -0.3 is 0 Å². The van der Waals surface area contributed by atoms with Crippen LogP contribution in [0.4, 0.5) is 0 Å². The molecule has 108 valence electrons. The first-order chi connectivity index (χ1) is 8.81. The van der Waals surface area contributed by atoms with Gasteiger partial charge in [-0.1, -0.05) is 20.8 Å². The quantitative estimate of drug-likeness (QED) is 0.816. The summed E-state index contributed by atoms with van der Waals surface area (Å²) in [7, 11) is 0. The predicted molar refractivity (Wildman–Crippen MR) is 83.8 cm³/mol. The van der Waals surface area contributed by atoms with E-state index in [1.54, 1.807) is 11.3 Å². The first kappa shape index (κ1) is 15.0. The highest BCUT2D eigenvalue weighted by atomic mass is 32.1. The summed E-state index contributed by atoms with van der Waals surface area (Å²) in [6, 6.07) is 0. The zero-order chi connectivity index (χ0) is 14.1. The van der Waals surface area contributed by atoms with Crippen LogP contribution in [0.25, 0.3) is 0 Å². The molecule has 1 aromatic rings. The Morgan fingerprint density at radius 2 is 1.89 bits per heavy atom. The first-order valence-electron chi connectivity index (χ1n) is 7.46. The number of hydrogen-bond acceptors (Lipinski definition) is 3. The maximum absolute atomic E-state index is 4.53. The highest BCUT2D eigenvalue weighted by Crippen LogP contribution is 2.37. The van der Waals surface area contributed by atoms with Crippen molar-refractivity contribution in [3.63, 3.8) is 0 Å². The van der Waals surface area contributed by atoms with Crippen molar-refractivity contribution in [2.75, 3.05) is 13.1 Å². The second-order valence-electron chi connectivity index (χ2n) is 7.38. The third-order valence-corrected chi connectivity index (χ3v) is 5.66. The smallest absolute Gasteiger partial charge is 0.0981 e. The Morgan fingerprint density at radius 3 is 2.42 bits per heavy atom. The Balaban J connectivity index is 2.04. The van der Waals surface area contributed by atoms with E-state index in [-0.39, 0.29) is 11.0 Å². The van der Waals surface area contributed by atoms with Crippen LogP contribution in [0.5, 0.6) is 0 Å². The van der Waals surface area contributed by atoms with Gasteiger partial charge in [0.1, 0.15) is 0 Å². The lowest BCUT2D eigenvalue weighted by atomic mass is 9.78. The molecule has 1 aliphatic heterocycles. The largest absolute Gasteiger partial charge is 0.298 e. The average Bonchev–Trinajstić information content (AvgIpc) is 2.82. The average molecular weight is 280 g/mol. The summed E-state index contributed by atoms with van der Waals surface area (Å²) in [5.41, 5.74) is 0.427. The third kappa shape index (κ3) is 3.57. The minimum absolute atomic E-state index is 0.167. The molecule has 3 heteroatoms. The molecule has 2 rings (SSSR count). The maximum Gasteiger partial charge on any atom is 0.0981 e. The van der Waals surface area contributed by atoms with Gasteiger partial charge in [-0.2, -0.15) is 0 Å². The summed E-state index contributed by atoms with van der Waals surface area (Å²) < 4.78 is 0. The second kappa shape index (κ2) is 5.53. The van der Waals surface area contributed by atoms with Crippen LogP contribution < -0.4 is 0 Å². The number of likely N-dealkylation sites (tertiary alicyclic amines) is 1. The van der Waals surface area contributed by atoms with Gasteiger partial charge in [0.2, 0.25) is 0 Å². The molecule has 1 aliphatic rings. The molecule has 0 radical (unpaired) electrons. The second-order valence-corrected chi connectivity index (χ2v) is 8.27. The molecule has 0 unspecified atom stereocenters. The Labute approximate surface area is 122 Å². The fourth-order valence-electron chi connectivity index (χ4n) is 3.44. The predicted octanol–water partition coefficient (Wildman–Crippen LogP) is 4.32. The maximum atomic E-state index is 4.53. The van der Waals surface area contributed by atoms with Crippen LogP contribution in [0.2, 0.25) is 0 Å². The highest BCUT2D eigenvalue weighted by Gasteiger charge is 2.36. The molecule has 1 aromatic heterocycles. The van der Waals surface area contributed by atoms with Gasteiger partial charge in [-0.15, -0.1) is 11.3 Å². The van der Waals surface area contributed by atoms with Crippen LogP contribution >= 0.6 is 11.3 Å². The minimum atomic E-state index is 0.167. The van der Waals surface area contributed by atoms with Crippen LogP contribution in [0.15, 0.2) is 11.6 Å². The van der Waals surface area contributed by atoms with E-state index in [4.69, 9.17) is 0 Å². The lowest BCUT2D eigenvalue weighted by molar-refractivity contribution is 0.0569. The summed E-state index contributed by atoms with van der Waals surface area (Å²) >= 11 is 1.79. The van der Waals surface area contributed by atoms with E-state index in [0.717, 1.165) is 5.92 Å². The zero-order valence-corrected chi connectivity index (χ0v) is 13.9. The SMILES string of the molecule is CC1CCN(C(C)(C)CC(C)(C)c2nccs2)CC1. The van der Waals surface area contributed by atoms with Crippen molar-refractivity contribution in [1.29, 1.82) is 0 Å². The van der Waals surface area contributed by atoms with Crippen LogP contribution in [0.1, 0.15) is 58.9 Å². The molecule has 1 saturated heterocycles. The van der Waals surface area contributed by atoms with Gasteiger partial charge in [0.15, 0.2) is 0 Å². The molecule has 0 saturated carbocycles. The van der Waals surface area contributed by atoms with E-state index in [1.807, 2.05) is 6.20 Å². The molecule has 19 heavy (non-hydrogen) atoms. The van der Waals surface area contributed by atoms with Crippen LogP contribution in [-0.2, 0) is 5.41 Å². The van der Waals surface area contributed by atoms with Crippen molar-refractivity contribution in [3.05, 3.63) is 16.6 Å². The van der Waals surface area contributed by atoms with Crippen molar-refractivity contribution >= 4 is 11.3 Å². The molecule has 2 heterocycles. The molecule has 0 bridgehead atoms. The van der Waals surface area contributed by atoms with E-state index >= 15 is 0 Å². The normalized spacial score (nSPS) is 19.8. The van der Waals surface area contributed by atoms with Gasteiger partial charge in [0, 0.05) is 22.5 Å². The van der Waals surface area contributed by atoms with Crippen molar-refractivity contribution in [3.8, 4) is 0 Å². The van der Waals surface area contributed by atoms with Gasteiger partial charge in [0.05, 0.1) is 5.01 Å². The Hall–Kier alpha value is -0.410. The van der Waals surface area contributed by atoms with E-state index in [1.165, 1.54) is 37.4 Å². The fraction of sp³-hybridized carbons (Fsp3) is 0.812. The lowest BCUT2D eigenvalue weighted by Gasteiger charge is -2.45. The number of piperidine rings is 1. The lowest BCUT2D eigenvalue weighted by Crippen LogP contribution is -2.50. The van der Waals surface area contributed by atoms with E-state index in [0.29, 0.717) is 0 Å². The number of aromatic nitrogens is 1. The molecule has 0 atom stereocenters. The molecule has 0 aromatic carbocycles. The summed E-state index contributed by atoms with van der Waals surface area (Å²) in [6.45, 7) is 14.4. The zero-order valence-electron chi connectivity index (χ0n) is 13.1. The Bertz CT molecular complexity index is 387. The van der Waals surface area contributed by atoms with E-state index < -0.39 is 0 Å². The summed E-state index contributed by atoms with van der Waals surface area (Å²) in [4.78, 5) is 7.21. The molecular formula is C16H28N2S. The number of thiazole rings is 1. The molecule has 0 aliphatic carbocycles. The van der Waals surface area contributed by atoms with E-state index in [2.05, 4.69) is 49.9 Å². The van der Waals surface area contributed by atoms with Gasteiger partial charge >= 0.3 is 0 Å². The monoisotopic (exact) mass is 280 g/mol. The first-order valence-corrected chi connectivity index (χ1v) is 8.34. The van der Waals surface area contributed by atoms with Crippen LogP contribution in [0.3, 0.4) is 0 Å². The molecule has 1 fully saturated rings. The topological polar surface area (TPSA) is 16.1 Å². The number of rotatable bonds is 4. The molecular weight excluding hydrogens is 252 g/mol. The van der Waals surface area contributed by atoms with Crippen molar-refractivity contribution in [1.82, 2.24) is 9.88 Å². The van der Waals surface area contributed by atoms with Gasteiger partial charge in [-0.05, 0) is 52.1 Å². The molecule has 0 N–H and O–H groups in total. The van der Waals surface area contributed by atoms with Crippen molar-refractivity contribution in [2.24, 2.45) is 5.92 Å². The van der Waals surface area contributed by atoms with Crippen LogP contribution in [-0.4, -0.2) is 28.5 Å². The number of nitrogens with zero attached hydrogens (tertiary/aromatic N) is 2. The van der Waals surface area contributed by atoms with Gasteiger partial charge in [-0.25, -0.2) is 4.98 Å². The minimum Gasteiger partial charge on any atom is -0.298 e. The molecule has 2 nitrogen and oxygen atoms in total. The summed E-state index contributed by atoms with van der Waals surface area (Å²) in [6.07, 6.45) is 5.79. The Kier molecular flexibility index (Phi) is 4.36. The molecule has 0 amide bonds. The highest BCUT2D eigenvalue weighted by molar-refractivity contribution is 7.09. The van der Waals surface area contributed by atoms with E-state index in [9.17, 15) is 0 Å². The van der Waals surface area contributed by atoms with Crippen molar-refractivity contribution < 1.29 is 0 Å². The van der Waals surface area contributed by atoms with Crippen molar-refractivity contribution in [2.45, 2.75) is 64.8 Å². The Morgan fingerprint density at radius 1 is 1.26 bits per heavy atom. The fourth-order valence-corrected chi connectivity index (χ4v) is 4.20. The molecule has 0 spiro atoms.